The van der Waals surface area contributed by atoms with Crippen LogP contribution in [0.2, 0.25) is 5.15 Å². The number of benzene rings is 1. The second kappa shape index (κ2) is 7.76. The van der Waals surface area contributed by atoms with Crippen molar-refractivity contribution in [3.8, 4) is 0 Å². The Morgan fingerprint density at radius 1 is 1.35 bits per heavy atom. The molecule has 0 aliphatic rings. The Hall–Kier alpha value is -2.58. The van der Waals surface area contributed by atoms with Crippen LogP contribution in [0, 0.1) is 12.7 Å². The first-order chi connectivity index (χ1) is 12.4. The molecule has 2 aromatic heterocycles. The Kier molecular flexibility index (Phi) is 5.43. The van der Waals surface area contributed by atoms with Gasteiger partial charge in [0.15, 0.2) is 0 Å². The summed E-state index contributed by atoms with van der Waals surface area (Å²) in [5.74, 6) is -0.622. The molecule has 1 N–H and O–H groups in total. The van der Waals surface area contributed by atoms with Crippen molar-refractivity contribution in [1.82, 2.24) is 20.0 Å². The first-order valence-electron chi connectivity index (χ1n) is 7.67. The molecule has 0 fully saturated rings. The molecule has 0 bridgehead atoms. The maximum Gasteiger partial charge on any atom is 0.250 e. The van der Waals surface area contributed by atoms with Crippen LogP contribution in [0.25, 0.3) is 6.08 Å². The number of halogens is 2. The molecular weight excluding hydrogens is 377 g/mol. The molecule has 2 heterocycles. The number of hydrogen-bond donors (Lipinski definition) is 1. The monoisotopic (exact) mass is 391 g/mol. The molecule has 9 heteroatoms. The van der Waals surface area contributed by atoms with Crippen molar-refractivity contribution in [3.05, 3.63) is 63.1 Å². The fraction of sp³-hybridized carbons (Fsp3) is 0.176. The number of amides is 1. The third-order valence-corrected chi connectivity index (χ3v) is 4.85. The third-order valence-electron chi connectivity index (χ3n) is 3.56. The van der Waals surface area contributed by atoms with E-state index in [1.54, 1.807) is 29.9 Å². The number of hydrogen-bond acceptors (Lipinski definition) is 5. The molecule has 0 unspecified atom stereocenters. The van der Waals surface area contributed by atoms with Gasteiger partial charge in [-0.2, -0.15) is 5.10 Å². The molecule has 0 aliphatic carbocycles. The first kappa shape index (κ1) is 18.2. The highest BCUT2D eigenvalue weighted by Gasteiger charge is 2.10. The van der Waals surface area contributed by atoms with Crippen LogP contribution in [-0.4, -0.2) is 25.9 Å². The fourth-order valence-electron chi connectivity index (χ4n) is 2.29. The lowest BCUT2D eigenvalue weighted by molar-refractivity contribution is -0.111. The van der Waals surface area contributed by atoms with Crippen LogP contribution in [-0.2, 0) is 18.3 Å². The SMILES string of the molecule is Cc1nn(C)c(Cl)c1/C=C/C(=O)Nc1nnc(Cc2ccc(F)cc2)s1. The first-order valence-corrected chi connectivity index (χ1v) is 8.87. The van der Waals surface area contributed by atoms with Crippen molar-refractivity contribution in [1.29, 1.82) is 0 Å². The molecule has 0 saturated carbocycles. The normalized spacial score (nSPS) is 11.2. The number of carbonyl (C=O) groups is 1. The number of nitrogens with one attached hydrogen (secondary N) is 1. The van der Waals surface area contributed by atoms with E-state index in [0.717, 1.165) is 16.3 Å². The van der Waals surface area contributed by atoms with E-state index < -0.39 is 0 Å². The van der Waals surface area contributed by atoms with Gasteiger partial charge in [-0.05, 0) is 30.7 Å². The van der Waals surface area contributed by atoms with Gasteiger partial charge in [-0.1, -0.05) is 35.1 Å². The maximum absolute atomic E-state index is 12.9. The summed E-state index contributed by atoms with van der Waals surface area (Å²) in [5, 5.41) is 16.4. The van der Waals surface area contributed by atoms with Crippen molar-refractivity contribution in [3.63, 3.8) is 0 Å². The van der Waals surface area contributed by atoms with Crippen molar-refractivity contribution < 1.29 is 9.18 Å². The summed E-state index contributed by atoms with van der Waals surface area (Å²) in [4.78, 5) is 12.0. The van der Waals surface area contributed by atoms with Gasteiger partial charge >= 0.3 is 0 Å². The number of aromatic nitrogens is 4. The van der Waals surface area contributed by atoms with Gasteiger partial charge < -0.3 is 0 Å². The van der Waals surface area contributed by atoms with E-state index in [0.29, 0.717) is 22.3 Å². The highest BCUT2D eigenvalue weighted by atomic mass is 35.5. The molecule has 6 nitrogen and oxygen atoms in total. The van der Waals surface area contributed by atoms with Gasteiger partial charge in [0, 0.05) is 25.1 Å². The molecular formula is C17H15ClFN5OS. The van der Waals surface area contributed by atoms with Crippen LogP contribution >= 0.6 is 22.9 Å². The molecule has 0 atom stereocenters. The van der Waals surface area contributed by atoms with E-state index >= 15 is 0 Å². The summed E-state index contributed by atoms with van der Waals surface area (Å²) in [5.41, 5.74) is 2.35. The van der Waals surface area contributed by atoms with E-state index in [2.05, 4.69) is 20.6 Å². The van der Waals surface area contributed by atoms with Crippen molar-refractivity contribution in [2.45, 2.75) is 13.3 Å². The molecule has 134 valence electrons. The average Bonchev–Trinajstić information content (AvgIpc) is 3.12. The fourth-order valence-corrected chi connectivity index (χ4v) is 3.31. The van der Waals surface area contributed by atoms with E-state index in [9.17, 15) is 9.18 Å². The number of aryl methyl sites for hydroxylation is 2. The van der Waals surface area contributed by atoms with Gasteiger partial charge in [-0.3, -0.25) is 14.8 Å². The molecule has 0 aliphatic heterocycles. The molecule has 3 rings (SSSR count). The predicted molar refractivity (Wildman–Crippen MR) is 99.7 cm³/mol. The lowest BCUT2D eigenvalue weighted by Gasteiger charge is -1.97. The summed E-state index contributed by atoms with van der Waals surface area (Å²) in [7, 11) is 1.73. The van der Waals surface area contributed by atoms with Crippen molar-refractivity contribution in [2.24, 2.45) is 7.05 Å². The average molecular weight is 392 g/mol. The summed E-state index contributed by atoms with van der Waals surface area (Å²) in [6, 6.07) is 6.18. The van der Waals surface area contributed by atoms with Gasteiger partial charge in [0.25, 0.3) is 0 Å². The van der Waals surface area contributed by atoms with Gasteiger partial charge in [-0.15, -0.1) is 10.2 Å². The smallest absolute Gasteiger partial charge is 0.250 e. The predicted octanol–water partition coefficient (Wildman–Crippen LogP) is 3.62. The van der Waals surface area contributed by atoms with Gasteiger partial charge in [0.05, 0.1) is 5.69 Å². The topological polar surface area (TPSA) is 72.7 Å². The molecule has 0 spiro atoms. The quantitative estimate of drug-likeness (QED) is 0.674. The second-order valence-electron chi connectivity index (χ2n) is 5.54. The van der Waals surface area contributed by atoms with Crippen LogP contribution in [0.4, 0.5) is 9.52 Å². The molecule has 1 aromatic carbocycles. The maximum atomic E-state index is 12.9. The van der Waals surface area contributed by atoms with Crippen LogP contribution < -0.4 is 5.32 Å². The zero-order chi connectivity index (χ0) is 18.7. The Balaban J connectivity index is 1.62. The third kappa shape index (κ3) is 4.33. The Bertz CT molecular complexity index is 964. The van der Waals surface area contributed by atoms with Crippen molar-refractivity contribution >= 4 is 40.1 Å². The zero-order valence-electron chi connectivity index (χ0n) is 14.0. The highest BCUT2D eigenvalue weighted by molar-refractivity contribution is 7.15. The Labute approximate surface area is 158 Å². The minimum atomic E-state index is -0.339. The summed E-state index contributed by atoms with van der Waals surface area (Å²) in [6.45, 7) is 1.82. The summed E-state index contributed by atoms with van der Waals surface area (Å²) < 4.78 is 14.5. The standard InChI is InChI=1S/C17H15ClFN5OS/c1-10-13(16(18)24(2)23-10)7-8-14(25)20-17-22-21-15(26-17)9-11-3-5-12(19)6-4-11/h3-8H,9H2,1-2H3,(H,20,22,25)/b8-7+. The van der Waals surface area contributed by atoms with Crippen LogP contribution in [0.15, 0.2) is 30.3 Å². The lowest BCUT2D eigenvalue weighted by atomic mass is 10.2. The number of rotatable bonds is 5. The number of nitrogens with zero attached hydrogens (tertiary/aromatic N) is 4. The number of carbonyl (C=O) groups excluding carboxylic acids is 1. The largest absolute Gasteiger partial charge is 0.297 e. The molecule has 0 radical (unpaired) electrons. The minimum absolute atomic E-state index is 0.283. The van der Waals surface area contributed by atoms with E-state index in [-0.39, 0.29) is 11.7 Å². The second-order valence-corrected chi connectivity index (χ2v) is 6.96. The minimum Gasteiger partial charge on any atom is -0.297 e. The molecule has 0 saturated heterocycles. The van der Waals surface area contributed by atoms with Gasteiger partial charge in [-0.25, -0.2) is 4.39 Å². The van der Waals surface area contributed by atoms with Crippen molar-refractivity contribution in [2.75, 3.05) is 5.32 Å². The van der Waals surface area contributed by atoms with E-state index in [1.165, 1.54) is 29.5 Å². The molecule has 26 heavy (non-hydrogen) atoms. The highest BCUT2D eigenvalue weighted by Crippen LogP contribution is 2.21. The molecule has 3 aromatic rings. The van der Waals surface area contributed by atoms with E-state index in [4.69, 9.17) is 11.6 Å². The van der Waals surface area contributed by atoms with E-state index in [1.807, 2.05) is 6.92 Å². The summed E-state index contributed by atoms with van der Waals surface area (Å²) in [6.07, 6.45) is 3.51. The summed E-state index contributed by atoms with van der Waals surface area (Å²) >= 11 is 7.39. The van der Waals surface area contributed by atoms with Gasteiger partial charge in [0.2, 0.25) is 11.0 Å². The Morgan fingerprint density at radius 3 is 2.73 bits per heavy atom. The zero-order valence-corrected chi connectivity index (χ0v) is 15.6. The Morgan fingerprint density at radius 2 is 2.08 bits per heavy atom. The van der Waals surface area contributed by atoms with Crippen LogP contribution in [0.5, 0.6) is 0 Å². The lowest BCUT2D eigenvalue weighted by Crippen LogP contribution is -2.07. The van der Waals surface area contributed by atoms with Crippen LogP contribution in [0.1, 0.15) is 21.8 Å². The van der Waals surface area contributed by atoms with Crippen LogP contribution in [0.3, 0.4) is 0 Å². The molecule has 1 amide bonds. The number of anilines is 1. The van der Waals surface area contributed by atoms with Gasteiger partial charge in [0.1, 0.15) is 16.0 Å².